The third kappa shape index (κ3) is 3.34. The van der Waals surface area contributed by atoms with Crippen LogP contribution in [0, 0.1) is 5.92 Å². The molecule has 0 aliphatic rings. The molecule has 88 valence electrons. The minimum absolute atomic E-state index is 0.189. The van der Waals surface area contributed by atoms with Gasteiger partial charge in [0.15, 0.2) is 0 Å². The van der Waals surface area contributed by atoms with Gasteiger partial charge >= 0.3 is 5.97 Å². The molecule has 1 aromatic rings. The number of hydrogen-bond donors (Lipinski definition) is 2. The Kier molecular flexibility index (Phi) is 4.49. The van der Waals surface area contributed by atoms with Gasteiger partial charge in [0, 0.05) is 6.54 Å². The van der Waals surface area contributed by atoms with Crippen molar-refractivity contribution in [1.29, 1.82) is 0 Å². The van der Waals surface area contributed by atoms with Gasteiger partial charge in [0.05, 0.1) is 4.88 Å². The molecule has 1 unspecified atom stereocenters. The summed E-state index contributed by atoms with van der Waals surface area (Å²) in [7, 11) is 0. The smallest absolute Gasteiger partial charge is 0.345 e. The van der Waals surface area contributed by atoms with E-state index in [2.05, 4.69) is 19.2 Å². The fourth-order valence-electron chi connectivity index (χ4n) is 1.07. The van der Waals surface area contributed by atoms with Crippen molar-refractivity contribution in [3.05, 3.63) is 21.9 Å². The maximum Gasteiger partial charge on any atom is 0.345 e. The Morgan fingerprint density at radius 2 is 2.06 bits per heavy atom. The summed E-state index contributed by atoms with van der Waals surface area (Å²) >= 11 is 0.997. The maximum absolute atomic E-state index is 11.6. The van der Waals surface area contributed by atoms with Crippen molar-refractivity contribution in [2.75, 3.05) is 6.54 Å². The van der Waals surface area contributed by atoms with Crippen LogP contribution in [-0.4, -0.2) is 23.5 Å². The molecule has 0 radical (unpaired) electrons. The number of nitrogens with one attached hydrogen (secondary N) is 1. The normalized spacial score (nSPS) is 12.1. The molecule has 0 aliphatic carbocycles. The van der Waals surface area contributed by atoms with E-state index in [0.29, 0.717) is 17.3 Å². The quantitative estimate of drug-likeness (QED) is 0.830. The molecule has 1 aromatic heterocycles. The molecule has 2 N–H and O–H groups in total. The summed E-state index contributed by atoms with van der Waals surface area (Å²) in [6, 6.07) is 2.99. The molecule has 4 nitrogen and oxygen atoms in total. The van der Waals surface area contributed by atoms with Gasteiger partial charge in [-0.15, -0.1) is 11.3 Å². The van der Waals surface area contributed by atoms with E-state index in [4.69, 9.17) is 5.11 Å². The lowest BCUT2D eigenvalue weighted by Crippen LogP contribution is -2.27. The van der Waals surface area contributed by atoms with Crippen LogP contribution in [-0.2, 0) is 0 Å². The number of carbonyl (C=O) groups is 2. The second kappa shape index (κ2) is 5.65. The molecule has 0 aromatic carbocycles. The topological polar surface area (TPSA) is 66.4 Å². The van der Waals surface area contributed by atoms with Gasteiger partial charge in [-0.2, -0.15) is 0 Å². The van der Waals surface area contributed by atoms with Crippen LogP contribution in [0.15, 0.2) is 12.1 Å². The molecule has 0 aliphatic heterocycles. The summed E-state index contributed by atoms with van der Waals surface area (Å²) in [6.45, 7) is 4.73. The van der Waals surface area contributed by atoms with Gasteiger partial charge < -0.3 is 10.4 Å². The van der Waals surface area contributed by atoms with Crippen molar-refractivity contribution >= 4 is 23.2 Å². The average molecular weight is 241 g/mol. The van der Waals surface area contributed by atoms with Crippen molar-refractivity contribution in [2.24, 2.45) is 5.92 Å². The van der Waals surface area contributed by atoms with Crippen molar-refractivity contribution in [2.45, 2.75) is 20.3 Å². The number of thiophene rings is 1. The molecule has 16 heavy (non-hydrogen) atoms. The zero-order valence-electron chi connectivity index (χ0n) is 9.32. The fourth-order valence-corrected chi connectivity index (χ4v) is 1.83. The highest BCUT2D eigenvalue weighted by Crippen LogP contribution is 2.16. The van der Waals surface area contributed by atoms with E-state index in [0.717, 1.165) is 17.8 Å². The standard InChI is InChI=1S/C11H15NO3S/c1-3-7(2)6-12-10(13)8-4-5-9(16-8)11(14)15/h4-5,7H,3,6H2,1-2H3,(H,12,13)(H,14,15). The van der Waals surface area contributed by atoms with E-state index < -0.39 is 5.97 Å². The van der Waals surface area contributed by atoms with E-state index in [1.807, 2.05) is 0 Å². The molecule has 1 heterocycles. The van der Waals surface area contributed by atoms with E-state index >= 15 is 0 Å². The third-order valence-electron chi connectivity index (χ3n) is 2.35. The zero-order chi connectivity index (χ0) is 12.1. The van der Waals surface area contributed by atoms with Gasteiger partial charge in [0.2, 0.25) is 0 Å². The molecule has 1 rings (SSSR count). The molecule has 0 fully saturated rings. The van der Waals surface area contributed by atoms with Crippen LogP contribution in [0.5, 0.6) is 0 Å². The molecule has 0 saturated heterocycles. The molecule has 1 atom stereocenters. The van der Waals surface area contributed by atoms with Gasteiger partial charge in [0.25, 0.3) is 5.91 Å². The largest absolute Gasteiger partial charge is 0.477 e. The summed E-state index contributed by atoms with van der Waals surface area (Å²) in [4.78, 5) is 22.9. The van der Waals surface area contributed by atoms with Gasteiger partial charge in [-0.3, -0.25) is 4.79 Å². The monoisotopic (exact) mass is 241 g/mol. The Labute approximate surface area is 98.3 Å². The van der Waals surface area contributed by atoms with Gasteiger partial charge in [0.1, 0.15) is 4.88 Å². The maximum atomic E-state index is 11.6. The van der Waals surface area contributed by atoms with Crippen LogP contribution < -0.4 is 5.32 Å². The highest BCUT2D eigenvalue weighted by Gasteiger charge is 2.12. The molecule has 0 saturated carbocycles. The summed E-state index contributed by atoms with van der Waals surface area (Å²) in [6.07, 6.45) is 1.01. The Morgan fingerprint density at radius 3 is 2.56 bits per heavy atom. The number of carboxylic acids is 1. The van der Waals surface area contributed by atoms with Crippen LogP contribution >= 0.6 is 11.3 Å². The van der Waals surface area contributed by atoms with Crippen LogP contribution in [0.4, 0.5) is 0 Å². The zero-order valence-corrected chi connectivity index (χ0v) is 10.1. The Bertz CT molecular complexity index is 386. The van der Waals surface area contributed by atoms with Crippen molar-refractivity contribution in [3.63, 3.8) is 0 Å². The summed E-state index contributed by atoms with van der Waals surface area (Å²) in [5, 5.41) is 11.5. The SMILES string of the molecule is CCC(C)CNC(=O)c1ccc(C(=O)O)s1. The molecule has 1 amide bonds. The minimum atomic E-state index is -0.994. The first-order valence-corrected chi connectivity index (χ1v) is 5.97. The number of amides is 1. The van der Waals surface area contributed by atoms with E-state index in [1.165, 1.54) is 6.07 Å². The average Bonchev–Trinajstić information content (AvgIpc) is 2.74. The Balaban J connectivity index is 2.56. The van der Waals surface area contributed by atoms with E-state index in [-0.39, 0.29) is 10.8 Å². The Morgan fingerprint density at radius 1 is 1.44 bits per heavy atom. The predicted octanol–water partition coefficient (Wildman–Crippen LogP) is 2.22. The third-order valence-corrected chi connectivity index (χ3v) is 3.42. The second-order valence-corrected chi connectivity index (χ2v) is 4.78. The van der Waals surface area contributed by atoms with Gasteiger partial charge in [-0.05, 0) is 18.1 Å². The first-order chi connectivity index (χ1) is 7.54. The van der Waals surface area contributed by atoms with Crippen molar-refractivity contribution in [3.8, 4) is 0 Å². The molecular formula is C11H15NO3S. The number of hydrogen-bond acceptors (Lipinski definition) is 3. The van der Waals surface area contributed by atoms with Crippen molar-refractivity contribution in [1.82, 2.24) is 5.32 Å². The lowest BCUT2D eigenvalue weighted by atomic mass is 10.1. The molecule has 5 heteroatoms. The van der Waals surface area contributed by atoms with E-state index in [1.54, 1.807) is 6.07 Å². The van der Waals surface area contributed by atoms with Gasteiger partial charge in [-0.1, -0.05) is 20.3 Å². The number of rotatable bonds is 5. The highest BCUT2D eigenvalue weighted by molar-refractivity contribution is 7.15. The predicted molar refractivity (Wildman–Crippen MR) is 63.1 cm³/mol. The van der Waals surface area contributed by atoms with E-state index in [9.17, 15) is 9.59 Å². The first kappa shape index (κ1) is 12.7. The van der Waals surface area contributed by atoms with Crippen molar-refractivity contribution < 1.29 is 14.7 Å². The number of aromatic carboxylic acids is 1. The highest BCUT2D eigenvalue weighted by atomic mass is 32.1. The van der Waals surface area contributed by atoms with Crippen LogP contribution in [0.1, 0.15) is 39.6 Å². The van der Waals surface area contributed by atoms with Crippen LogP contribution in [0.25, 0.3) is 0 Å². The van der Waals surface area contributed by atoms with Gasteiger partial charge in [-0.25, -0.2) is 4.79 Å². The summed E-state index contributed by atoms with van der Waals surface area (Å²) in [5.41, 5.74) is 0. The first-order valence-electron chi connectivity index (χ1n) is 5.16. The fraction of sp³-hybridized carbons (Fsp3) is 0.455. The minimum Gasteiger partial charge on any atom is -0.477 e. The molecular weight excluding hydrogens is 226 g/mol. The molecule has 0 spiro atoms. The van der Waals surface area contributed by atoms with Crippen LogP contribution in [0.3, 0.4) is 0 Å². The Hall–Kier alpha value is -1.36. The number of carboxylic acid groups (broad SMARTS) is 1. The summed E-state index contributed by atoms with van der Waals surface area (Å²) < 4.78 is 0. The second-order valence-electron chi connectivity index (χ2n) is 3.69. The lowest BCUT2D eigenvalue weighted by molar-refractivity contribution is 0.0702. The molecule has 0 bridgehead atoms. The number of carbonyl (C=O) groups excluding carboxylic acids is 1. The summed E-state index contributed by atoms with van der Waals surface area (Å²) in [5.74, 6) is -0.758. The van der Waals surface area contributed by atoms with Crippen LogP contribution in [0.2, 0.25) is 0 Å². The lowest BCUT2D eigenvalue weighted by Gasteiger charge is -2.08.